The minimum absolute atomic E-state index is 0. The van der Waals surface area contributed by atoms with Crippen molar-refractivity contribution in [1.29, 1.82) is 0 Å². The zero-order valence-corrected chi connectivity index (χ0v) is 14.7. The van der Waals surface area contributed by atoms with Crippen LogP contribution in [0.4, 0.5) is 0 Å². The van der Waals surface area contributed by atoms with Gasteiger partial charge in [0.25, 0.3) is 0 Å². The Labute approximate surface area is 133 Å². The summed E-state index contributed by atoms with van der Waals surface area (Å²) >= 11 is 1.90. The lowest BCUT2D eigenvalue weighted by atomic mass is 10.00. The molecule has 0 aromatic rings. The van der Waals surface area contributed by atoms with Gasteiger partial charge in [-0.05, 0) is 18.8 Å². The third-order valence-electron chi connectivity index (χ3n) is 3.06. The van der Waals surface area contributed by atoms with Crippen molar-refractivity contribution >= 4 is 41.7 Å². The first-order valence-corrected chi connectivity index (χ1v) is 7.57. The number of guanidine groups is 1. The Morgan fingerprint density at radius 3 is 2.72 bits per heavy atom. The monoisotopic (exact) mass is 383 g/mol. The van der Waals surface area contributed by atoms with Gasteiger partial charge in [0.05, 0.1) is 0 Å². The molecule has 0 aliphatic carbocycles. The molecule has 0 amide bonds. The highest BCUT2D eigenvalue weighted by atomic mass is 127. The standard InChI is InChI=1S/C13H25N3S.HI/c1-4-10-17-11-7-15-13(14-3)16-8-5-12(2)6-9-16;/h4,12H,1,5-11H2,2-3H3,(H,14,15);1H. The number of piperidine rings is 1. The van der Waals surface area contributed by atoms with Crippen LogP contribution in [0.25, 0.3) is 0 Å². The highest BCUT2D eigenvalue weighted by Crippen LogP contribution is 2.15. The minimum Gasteiger partial charge on any atom is -0.355 e. The van der Waals surface area contributed by atoms with Crippen LogP contribution in [0.5, 0.6) is 0 Å². The van der Waals surface area contributed by atoms with Crippen LogP contribution >= 0.6 is 35.7 Å². The smallest absolute Gasteiger partial charge is 0.193 e. The van der Waals surface area contributed by atoms with Crippen molar-refractivity contribution in [1.82, 2.24) is 10.2 Å². The SMILES string of the molecule is C=CCSCCNC(=NC)N1CCC(C)CC1.I. The molecule has 3 nitrogen and oxygen atoms in total. The number of rotatable bonds is 5. The molecule has 0 aromatic carbocycles. The predicted molar refractivity (Wildman–Crippen MR) is 94.3 cm³/mol. The third-order valence-corrected chi connectivity index (χ3v) is 4.02. The molecule has 0 bridgehead atoms. The molecule has 0 saturated carbocycles. The lowest BCUT2D eigenvalue weighted by Gasteiger charge is -2.32. The van der Waals surface area contributed by atoms with Crippen molar-refractivity contribution in [2.75, 3.05) is 38.2 Å². The number of hydrogen-bond acceptors (Lipinski definition) is 2. The lowest BCUT2D eigenvalue weighted by Crippen LogP contribution is -2.45. The van der Waals surface area contributed by atoms with Crippen LogP contribution in [0.3, 0.4) is 0 Å². The molecular formula is C13H26IN3S. The Kier molecular flexibility index (Phi) is 11.0. The molecule has 18 heavy (non-hydrogen) atoms. The molecule has 0 spiro atoms. The van der Waals surface area contributed by atoms with E-state index in [0.29, 0.717) is 0 Å². The van der Waals surface area contributed by atoms with Gasteiger partial charge >= 0.3 is 0 Å². The second-order valence-electron chi connectivity index (χ2n) is 4.51. The van der Waals surface area contributed by atoms with Gasteiger partial charge in [0.15, 0.2) is 5.96 Å². The van der Waals surface area contributed by atoms with E-state index in [1.165, 1.54) is 12.8 Å². The summed E-state index contributed by atoms with van der Waals surface area (Å²) in [6, 6.07) is 0. The molecule has 0 atom stereocenters. The molecule has 1 fully saturated rings. The van der Waals surface area contributed by atoms with E-state index in [1.54, 1.807) is 0 Å². The molecule has 5 heteroatoms. The summed E-state index contributed by atoms with van der Waals surface area (Å²) < 4.78 is 0. The summed E-state index contributed by atoms with van der Waals surface area (Å²) in [5.41, 5.74) is 0. The topological polar surface area (TPSA) is 27.6 Å². The van der Waals surface area contributed by atoms with Crippen molar-refractivity contribution < 1.29 is 0 Å². The molecule has 1 rings (SSSR count). The number of hydrogen-bond donors (Lipinski definition) is 1. The van der Waals surface area contributed by atoms with Crippen LogP contribution in [0.1, 0.15) is 19.8 Å². The van der Waals surface area contributed by atoms with Crippen molar-refractivity contribution in [2.45, 2.75) is 19.8 Å². The highest BCUT2D eigenvalue weighted by molar-refractivity contribution is 14.0. The fraction of sp³-hybridized carbons (Fsp3) is 0.769. The van der Waals surface area contributed by atoms with Gasteiger partial charge in [-0.25, -0.2) is 0 Å². The van der Waals surface area contributed by atoms with Crippen LogP contribution in [0.2, 0.25) is 0 Å². The predicted octanol–water partition coefficient (Wildman–Crippen LogP) is 2.83. The summed E-state index contributed by atoms with van der Waals surface area (Å²) in [7, 11) is 1.87. The molecule has 0 radical (unpaired) electrons. The average molecular weight is 383 g/mol. The number of nitrogens with one attached hydrogen (secondary N) is 1. The maximum atomic E-state index is 4.36. The number of nitrogens with zero attached hydrogens (tertiary/aromatic N) is 2. The van der Waals surface area contributed by atoms with E-state index in [2.05, 4.69) is 28.7 Å². The average Bonchev–Trinajstić information content (AvgIpc) is 2.35. The highest BCUT2D eigenvalue weighted by Gasteiger charge is 2.17. The fourth-order valence-electron chi connectivity index (χ4n) is 1.95. The van der Waals surface area contributed by atoms with Gasteiger partial charge in [-0.2, -0.15) is 11.8 Å². The van der Waals surface area contributed by atoms with Gasteiger partial charge in [0, 0.05) is 38.2 Å². The van der Waals surface area contributed by atoms with Crippen molar-refractivity contribution in [3.63, 3.8) is 0 Å². The quantitative estimate of drug-likeness (QED) is 0.260. The van der Waals surface area contributed by atoms with Gasteiger partial charge in [-0.3, -0.25) is 4.99 Å². The molecular weight excluding hydrogens is 357 g/mol. The van der Waals surface area contributed by atoms with E-state index in [1.807, 2.05) is 24.9 Å². The first-order valence-electron chi connectivity index (χ1n) is 6.42. The molecule has 1 N–H and O–H groups in total. The molecule has 1 heterocycles. The Morgan fingerprint density at radius 1 is 1.50 bits per heavy atom. The summed E-state index contributed by atoms with van der Waals surface area (Å²) in [4.78, 5) is 6.73. The summed E-state index contributed by atoms with van der Waals surface area (Å²) in [6.45, 7) is 9.31. The normalized spacial score (nSPS) is 17.2. The first kappa shape index (κ1) is 18.1. The third kappa shape index (κ3) is 6.87. The number of aliphatic imine (C=N–C) groups is 1. The minimum atomic E-state index is 0. The van der Waals surface area contributed by atoms with Crippen molar-refractivity contribution in [2.24, 2.45) is 10.9 Å². The van der Waals surface area contributed by atoms with E-state index >= 15 is 0 Å². The van der Waals surface area contributed by atoms with Gasteiger partial charge < -0.3 is 10.2 Å². The lowest BCUT2D eigenvalue weighted by molar-refractivity contribution is 0.274. The van der Waals surface area contributed by atoms with Gasteiger partial charge in [-0.1, -0.05) is 13.0 Å². The Hall–Kier alpha value is 0.0900. The van der Waals surface area contributed by atoms with Crippen LogP contribution in [0.15, 0.2) is 17.6 Å². The van der Waals surface area contributed by atoms with E-state index in [0.717, 1.165) is 43.0 Å². The van der Waals surface area contributed by atoms with Gasteiger partial charge in [0.2, 0.25) is 0 Å². The first-order chi connectivity index (χ1) is 8.27. The summed E-state index contributed by atoms with van der Waals surface area (Å²) in [5.74, 6) is 4.07. The molecule has 0 unspecified atom stereocenters. The largest absolute Gasteiger partial charge is 0.355 e. The summed E-state index contributed by atoms with van der Waals surface area (Å²) in [5, 5.41) is 3.43. The molecule has 106 valence electrons. The van der Waals surface area contributed by atoms with Gasteiger partial charge in [-0.15, -0.1) is 30.6 Å². The summed E-state index contributed by atoms with van der Waals surface area (Å²) in [6.07, 6.45) is 4.52. The maximum Gasteiger partial charge on any atom is 0.193 e. The van der Waals surface area contributed by atoms with E-state index in [4.69, 9.17) is 0 Å². The number of halogens is 1. The van der Waals surface area contributed by atoms with Crippen molar-refractivity contribution in [3.8, 4) is 0 Å². The van der Waals surface area contributed by atoms with Crippen LogP contribution in [-0.2, 0) is 0 Å². The van der Waals surface area contributed by atoms with E-state index in [-0.39, 0.29) is 24.0 Å². The second-order valence-corrected chi connectivity index (χ2v) is 5.66. The van der Waals surface area contributed by atoms with Crippen LogP contribution in [0, 0.1) is 5.92 Å². The molecule has 1 aliphatic rings. The van der Waals surface area contributed by atoms with E-state index < -0.39 is 0 Å². The van der Waals surface area contributed by atoms with E-state index in [9.17, 15) is 0 Å². The Morgan fingerprint density at radius 2 is 2.17 bits per heavy atom. The Balaban J connectivity index is 0.00000289. The van der Waals surface area contributed by atoms with Crippen molar-refractivity contribution in [3.05, 3.63) is 12.7 Å². The fourth-order valence-corrected chi connectivity index (χ4v) is 2.53. The number of thioether (sulfide) groups is 1. The number of likely N-dealkylation sites (tertiary alicyclic amines) is 1. The molecule has 1 saturated heterocycles. The molecule has 0 aromatic heterocycles. The van der Waals surface area contributed by atoms with Crippen LogP contribution in [-0.4, -0.2) is 49.0 Å². The Bertz CT molecular complexity index is 251. The van der Waals surface area contributed by atoms with Crippen LogP contribution < -0.4 is 5.32 Å². The molecule has 1 aliphatic heterocycles. The second kappa shape index (κ2) is 11.0. The zero-order valence-electron chi connectivity index (χ0n) is 11.5. The zero-order chi connectivity index (χ0) is 12.5. The van der Waals surface area contributed by atoms with Gasteiger partial charge in [0.1, 0.15) is 0 Å². The maximum absolute atomic E-state index is 4.36.